The predicted octanol–water partition coefficient (Wildman–Crippen LogP) is 2.66. The third-order valence-electron chi connectivity index (χ3n) is 5.36. The monoisotopic (exact) mass is 532 g/mol. The molecule has 0 spiro atoms. The van der Waals surface area contributed by atoms with E-state index in [0.717, 1.165) is 11.5 Å². The van der Waals surface area contributed by atoms with Gasteiger partial charge in [-0.1, -0.05) is 11.6 Å². The van der Waals surface area contributed by atoms with Crippen molar-refractivity contribution in [1.82, 2.24) is 19.7 Å². The fourth-order valence-corrected chi connectivity index (χ4v) is 4.70. The number of anilines is 3. The van der Waals surface area contributed by atoms with E-state index in [0.29, 0.717) is 27.6 Å². The first-order chi connectivity index (χ1) is 17.1. The Bertz CT molecular complexity index is 1370. The van der Waals surface area contributed by atoms with E-state index < -0.39 is 22.4 Å². The molecule has 1 aliphatic heterocycles. The van der Waals surface area contributed by atoms with Crippen LogP contribution in [0.15, 0.2) is 24.4 Å². The van der Waals surface area contributed by atoms with Crippen molar-refractivity contribution < 1.29 is 19.9 Å². The first kappa shape index (κ1) is 25.2. The third kappa shape index (κ3) is 4.78. The standard InChI is InChI=1S/C21H21ClN8O5S/c1-9-5-14-12(27-18(9)30(34)35)7-15(22)29(14)21(33)13-6-11(3-4-24-13)26-20-16(19(32)28-36-20)17(23)25-10(2)8-31/h3-6,10,15,31H,7-8H2,1-2H3,(H2,23,25)(H,24,26)(H,28,32). The normalized spacial score (nSPS) is 15.3. The number of carbonyl (C=O) groups excluding carboxylic acids is 1. The van der Waals surface area contributed by atoms with Crippen LogP contribution in [0.3, 0.4) is 0 Å². The number of carbonyl (C=O) groups is 1. The number of amides is 1. The SMILES string of the molecule is Cc1cc2c(nc1[N+](=O)[O-])CC(Cl)N2C(=O)c1cc(Nc2snc(O)c2C(=N)NC(C)CO)ccn1. The van der Waals surface area contributed by atoms with Crippen molar-refractivity contribution in [2.75, 3.05) is 16.8 Å². The van der Waals surface area contributed by atoms with Crippen molar-refractivity contribution in [2.24, 2.45) is 0 Å². The predicted molar refractivity (Wildman–Crippen MR) is 134 cm³/mol. The minimum absolute atomic E-state index is 0.0481. The second-order valence-electron chi connectivity index (χ2n) is 8.03. The lowest BCUT2D eigenvalue weighted by molar-refractivity contribution is -0.390. The zero-order valence-corrected chi connectivity index (χ0v) is 20.6. The number of alkyl halides is 1. The molecule has 0 bridgehead atoms. The van der Waals surface area contributed by atoms with E-state index >= 15 is 0 Å². The van der Waals surface area contributed by atoms with Crippen LogP contribution in [0.5, 0.6) is 5.88 Å². The van der Waals surface area contributed by atoms with Gasteiger partial charge in [-0.05, 0) is 53.5 Å². The Morgan fingerprint density at radius 1 is 1.47 bits per heavy atom. The summed E-state index contributed by atoms with van der Waals surface area (Å²) in [6, 6.07) is 4.17. The van der Waals surface area contributed by atoms with Crippen molar-refractivity contribution in [3.8, 4) is 5.88 Å². The number of hydrogen-bond acceptors (Lipinski definition) is 11. The number of aromatic nitrogens is 3. The first-order valence-corrected chi connectivity index (χ1v) is 11.8. The van der Waals surface area contributed by atoms with Gasteiger partial charge in [-0.3, -0.25) is 20.1 Å². The molecule has 4 rings (SSSR count). The molecule has 0 fully saturated rings. The average molecular weight is 533 g/mol. The zero-order chi connectivity index (χ0) is 26.1. The van der Waals surface area contributed by atoms with Gasteiger partial charge in [0.1, 0.15) is 27.6 Å². The molecule has 0 saturated carbocycles. The number of hydrogen-bond donors (Lipinski definition) is 5. The van der Waals surface area contributed by atoms with E-state index in [-0.39, 0.29) is 41.8 Å². The number of aliphatic hydroxyl groups is 1. The highest BCUT2D eigenvalue weighted by molar-refractivity contribution is 7.11. The average Bonchev–Trinajstić information content (AvgIpc) is 3.35. The fraction of sp³-hybridized carbons (Fsp3) is 0.286. The highest BCUT2D eigenvalue weighted by atomic mass is 35.5. The van der Waals surface area contributed by atoms with Gasteiger partial charge in [-0.25, -0.2) is 0 Å². The van der Waals surface area contributed by atoms with Crippen LogP contribution in [-0.2, 0) is 6.42 Å². The van der Waals surface area contributed by atoms with Crippen molar-refractivity contribution >= 4 is 57.1 Å². The van der Waals surface area contributed by atoms with Gasteiger partial charge >= 0.3 is 5.82 Å². The van der Waals surface area contributed by atoms with Crippen LogP contribution in [0.2, 0.25) is 0 Å². The van der Waals surface area contributed by atoms with E-state index in [2.05, 4.69) is 25.0 Å². The Kier molecular flexibility index (Phi) is 7.01. The second-order valence-corrected chi connectivity index (χ2v) is 9.31. The van der Waals surface area contributed by atoms with E-state index in [9.17, 15) is 25.1 Å². The third-order valence-corrected chi connectivity index (χ3v) is 6.46. The number of rotatable bonds is 7. The second kappa shape index (κ2) is 10.0. The van der Waals surface area contributed by atoms with Gasteiger partial charge in [0.25, 0.3) is 5.91 Å². The molecule has 13 nitrogen and oxygen atoms in total. The molecule has 1 amide bonds. The molecule has 0 aromatic carbocycles. The number of aryl methyl sites for hydroxylation is 1. The minimum atomic E-state index is -0.801. The van der Waals surface area contributed by atoms with Gasteiger partial charge < -0.3 is 31.0 Å². The number of nitrogens with one attached hydrogen (secondary N) is 3. The van der Waals surface area contributed by atoms with Crippen LogP contribution < -0.4 is 15.5 Å². The molecule has 0 saturated heterocycles. The summed E-state index contributed by atoms with van der Waals surface area (Å²) in [4.78, 5) is 33.5. The molecular formula is C21H21ClN8O5S. The minimum Gasteiger partial charge on any atom is -0.492 e. The van der Waals surface area contributed by atoms with Crippen molar-refractivity contribution in [2.45, 2.75) is 31.8 Å². The van der Waals surface area contributed by atoms with Crippen molar-refractivity contribution in [1.29, 1.82) is 5.41 Å². The largest absolute Gasteiger partial charge is 0.492 e. The molecule has 36 heavy (non-hydrogen) atoms. The quantitative estimate of drug-likeness (QED) is 0.0754. The number of pyridine rings is 2. The smallest absolute Gasteiger partial charge is 0.366 e. The molecule has 4 heterocycles. The lowest BCUT2D eigenvalue weighted by Gasteiger charge is -2.20. The molecule has 1 aliphatic rings. The van der Waals surface area contributed by atoms with E-state index in [4.69, 9.17) is 17.0 Å². The van der Waals surface area contributed by atoms with Gasteiger partial charge in [0, 0.05) is 23.5 Å². The lowest BCUT2D eigenvalue weighted by Crippen LogP contribution is -2.35. The molecule has 2 atom stereocenters. The number of aliphatic hydroxyl groups excluding tert-OH is 1. The van der Waals surface area contributed by atoms with Crippen molar-refractivity contribution in [3.05, 3.63) is 57.0 Å². The maximum absolute atomic E-state index is 13.4. The summed E-state index contributed by atoms with van der Waals surface area (Å²) in [7, 11) is 0. The first-order valence-electron chi connectivity index (χ1n) is 10.6. The molecule has 15 heteroatoms. The number of nitro groups is 1. The maximum atomic E-state index is 13.4. The fourth-order valence-electron chi connectivity index (χ4n) is 3.64. The summed E-state index contributed by atoms with van der Waals surface area (Å²) >= 11 is 7.34. The molecule has 2 unspecified atom stereocenters. The molecule has 0 radical (unpaired) electrons. The summed E-state index contributed by atoms with van der Waals surface area (Å²) in [6.07, 6.45) is 1.56. The molecule has 188 valence electrons. The summed E-state index contributed by atoms with van der Waals surface area (Å²) in [5, 5.41) is 44.9. The van der Waals surface area contributed by atoms with Crippen LogP contribution in [0.1, 0.15) is 34.2 Å². The Morgan fingerprint density at radius 3 is 2.92 bits per heavy atom. The van der Waals surface area contributed by atoms with Crippen LogP contribution in [0.4, 0.5) is 22.2 Å². The van der Waals surface area contributed by atoms with E-state index in [1.807, 2.05) is 0 Å². The number of fused-ring (bicyclic) bond motifs is 1. The Labute approximate surface area is 213 Å². The van der Waals surface area contributed by atoms with Gasteiger partial charge in [0.05, 0.1) is 18.7 Å². The number of aromatic hydroxyl groups is 1. The Hall–Kier alpha value is -3.88. The van der Waals surface area contributed by atoms with Crippen LogP contribution in [-0.4, -0.2) is 59.4 Å². The Balaban J connectivity index is 1.60. The lowest BCUT2D eigenvalue weighted by atomic mass is 10.2. The summed E-state index contributed by atoms with van der Waals surface area (Å²) < 4.78 is 3.88. The molecule has 3 aromatic heterocycles. The highest BCUT2D eigenvalue weighted by Gasteiger charge is 2.39. The molecule has 3 aromatic rings. The van der Waals surface area contributed by atoms with Gasteiger partial charge in [-0.15, -0.1) is 0 Å². The molecular weight excluding hydrogens is 512 g/mol. The van der Waals surface area contributed by atoms with Gasteiger partial charge in [-0.2, -0.15) is 4.37 Å². The summed E-state index contributed by atoms with van der Waals surface area (Å²) in [5.74, 6) is -1.29. The van der Waals surface area contributed by atoms with Crippen LogP contribution >= 0.6 is 23.1 Å². The van der Waals surface area contributed by atoms with Gasteiger partial charge in [0.2, 0.25) is 5.88 Å². The highest BCUT2D eigenvalue weighted by Crippen LogP contribution is 2.37. The van der Waals surface area contributed by atoms with Gasteiger partial charge in [0.15, 0.2) is 5.69 Å². The van der Waals surface area contributed by atoms with Crippen LogP contribution in [0, 0.1) is 22.4 Å². The summed E-state index contributed by atoms with van der Waals surface area (Å²) in [5.41, 5.74) is 0.831. The zero-order valence-electron chi connectivity index (χ0n) is 19.0. The Morgan fingerprint density at radius 2 is 2.22 bits per heavy atom. The van der Waals surface area contributed by atoms with Crippen LogP contribution in [0.25, 0.3) is 0 Å². The van der Waals surface area contributed by atoms with Crippen molar-refractivity contribution in [3.63, 3.8) is 0 Å². The topological polar surface area (TPSA) is 190 Å². The molecule has 5 N–H and O–H groups in total. The number of amidine groups is 1. The number of halogens is 1. The molecule has 0 aliphatic carbocycles. The number of nitrogens with zero attached hydrogens (tertiary/aromatic N) is 5. The van der Waals surface area contributed by atoms with E-state index in [1.54, 1.807) is 13.0 Å². The summed E-state index contributed by atoms with van der Waals surface area (Å²) in [6.45, 7) is 3.01. The maximum Gasteiger partial charge on any atom is 0.366 e. The van der Waals surface area contributed by atoms with E-state index in [1.165, 1.54) is 30.2 Å².